The minimum Gasteiger partial charge on any atom is -0.508 e. The summed E-state index contributed by atoms with van der Waals surface area (Å²) in [5.74, 6) is 2.01. The third-order valence-corrected chi connectivity index (χ3v) is 6.34. The number of aliphatic hydroxyl groups is 2. The van der Waals surface area contributed by atoms with Gasteiger partial charge in [-0.25, -0.2) is 0 Å². The Kier molecular flexibility index (Phi) is 5.32. The SMILES string of the molecule is COc1ccc(C[C@]2(O)C[C@H]3CN(CC(O)c4ccc(O)cc4)C[C@H]3C2)cc1. The van der Waals surface area contributed by atoms with Gasteiger partial charge < -0.3 is 20.1 Å². The molecule has 2 aliphatic rings. The number of phenols is 1. The van der Waals surface area contributed by atoms with E-state index in [1.54, 1.807) is 31.4 Å². The van der Waals surface area contributed by atoms with Crippen LogP contribution in [-0.2, 0) is 6.42 Å². The average molecular weight is 383 g/mol. The molecule has 5 nitrogen and oxygen atoms in total. The van der Waals surface area contributed by atoms with Gasteiger partial charge in [0.05, 0.1) is 18.8 Å². The Morgan fingerprint density at radius 3 is 2.21 bits per heavy atom. The summed E-state index contributed by atoms with van der Waals surface area (Å²) < 4.78 is 5.21. The molecular weight excluding hydrogens is 354 g/mol. The molecule has 4 rings (SSSR count). The van der Waals surface area contributed by atoms with Crippen LogP contribution >= 0.6 is 0 Å². The van der Waals surface area contributed by atoms with Gasteiger partial charge >= 0.3 is 0 Å². The highest BCUT2D eigenvalue weighted by Gasteiger charge is 2.48. The molecule has 0 bridgehead atoms. The van der Waals surface area contributed by atoms with Crippen LogP contribution in [0.1, 0.15) is 30.1 Å². The molecule has 0 amide bonds. The maximum atomic E-state index is 11.1. The van der Waals surface area contributed by atoms with E-state index in [2.05, 4.69) is 4.90 Å². The predicted molar refractivity (Wildman–Crippen MR) is 107 cm³/mol. The van der Waals surface area contributed by atoms with Gasteiger partial charge in [0, 0.05) is 26.1 Å². The molecule has 1 aliphatic heterocycles. The van der Waals surface area contributed by atoms with Crippen LogP contribution in [0.15, 0.2) is 48.5 Å². The Morgan fingerprint density at radius 1 is 1.04 bits per heavy atom. The topological polar surface area (TPSA) is 73.2 Å². The number of likely N-dealkylation sites (tertiary alicyclic amines) is 1. The lowest BCUT2D eigenvalue weighted by Crippen LogP contribution is -2.33. The van der Waals surface area contributed by atoms with E-state index in [1.165, 1.54) is 0 Å². The number of aliphatic hydroxyl groups excluding tert-OH is 1. The third kappa shape index (κ3) is 4.17. The van der Waals surface area contributed by atoms with Crippen molar-refractivity contribution < 1.29 is 20.1 Å². The molecule has 2 fully saturated rings. The number of hydrogen-bond donors (Lipinski definition) is 3. The van der Waals surface area contributed by atoms with Crippen LogP contribution in [-0.4, -0.2) is 52.6 Å². The maximum absolute atomic E-state index is 11.1. The van der Waals surface area contributed by atoms with Gasteiger partial charge in [0.25, 0.3) is 0 Å². The highest BCUT2D eigenvalue weighted by molar-refractivity contribution is 5.29. The van der Waals surface area contributed by atoms with Crippen molar-refractivity contribution in [1.29, 1.82) is 0 Å². The molecule has 5 heteroatoms. The van der Waals surface area contributed by atoms with Gasteiger partial charge in [-0.05, 0) is 60.1 Å². The van der Waals surface area contributed by atoms with E-state index in [1.807, 2.05) is 24.3 Å². The molecule has 1 aliphatic carbocycles. The summed E-state index contributed by atoms with van der Waals surface area (Å²) in [5, 5.41) is 31.0. The number of benzene rings is 2. The van der Waals surface area contributed by atoms with Crippen LogP contribution in [0.5, 0.6) is 11.5 Å². The summed E-state index contributed by atoms with van der Waals surface area (Å²) in [5.41, 5.74) is 1.33. The second-order valence-corrected chi connectivity index (χ2v) is 8.50. The van der Waals surface area contributed by atoms with Crippen LogP contribution < -0.4 is 4.74 Å². The molecule has 0 radical (unpaired) electrons. The molecule has 4 atom stereocenters. The number of rotatable bonds is 6. The van der Waals surface area contributed by atoms with Crippen molar-refractivity contribution in [3.8, 4) is 11.5 Å². The van der Waals surface area contributed by atoms with Gasteiger partial charge in [-0.1, -0.05) is 24.3 Å². The van der Waals surface area contributed by atoms with Gasteiger partial charge in [0.1, 0.15) is 11.5 Å². The van der Waals surface area contributed by atoms with Crippen molar-refractivity contribution in [2.24, 2.45) is 11.8 Å². The molecule has 0 aromatic heterocycles. The smallest absolute Gasteiger partial charge is 0.118 e. The van der Waals surface area contributed by atoms with Crippen LogP contribution in [0.4, 0.5) is 0 Å². The standard InChI is InChI=1S/C23H29NO4/c1-28-21-8-2-16(3-9-21)10-23(27)11-18-13-24(14-19(18)12-23)15-22(26)17-4-6-20(25)7-5-17/h2-9,18-19,22,25-27H,10-15H2,1H3/t18-,19+,22?,23-. The molecule has 1 heterocycles. The molecule has 28 heavy (non-hydrogen) atoms. The fourth-order valence-electron chi connectivity index (χ4n) is 5.02. The van der Waals surface area contributed by atoms with Crippen molar-refractivity contribution >= 4 is 0 Å². The highest BCUT2D eigenvalue weighted by atomic mass is 16.5. The zero-order valence-corrected chi connectivity index (χ0v) is 16.3. The summed E-state index contributed by atoms with van der Waals surface area (Å²) in [4.78, 5) is 2.31. The zero-order chi connectivity index (χ0) is 19.7. The molecule has 0 spiro atoms. The lowest BCUT2D eigenvalue weighted by atomic mass is 9.91. The second kappa shape index (κ2) is 7.74. The number of phenolic OH excluding ortho intramolecular Hbond substituents is 1. The van der Waals surface area contributed by atoms with E-state index in [0.717, 1.165) is 42.8 Å². The van der Waals surface area contributed by atoms with Crippen LogP contribution in [0.25, 0.3) is 0 Å². The van der Waals surface area contributed by atoms with Gasteiger partial charge in [0.2, 0.25) is 0 Å². The minimum absolute atomic E-state index is 0.211. The van der Waals surface area contributed by atoms with E-state index in [9.17, 15) is 15.3 Å². The largest absolute Gasteiger partial charge is 0.508 e. The highest BCUT2D eigenvalue weighted by Crippen LogP contribution is 2.45. The van der Waals surface area contributed by atoms with Gasteiger partial charge in [-0.2, -0.15) is 0 Å². The summed E-state index contributed by atoms with van der Waals surface area (Å²) >= 11 is 0. The molecular formula is C23H29NO4. The van der Waals surface area contributed by atoms with Gasteiger partial charge in [0.15, 0.2) is 0 Å². The van der Waals surface area contributed by atoms with Crippen molar-refractivity contribution in [2.75, 3.05) is 26.7 Å². The molecule has 150 valence electrons. The summed E-state index contributed by atoms with van der Waals surface area (Å²) in [6.45, 7) is 2.43. The van der Waals surface area contributed by atoms with Gasteiger partial charge in [-0.15, -0.1) is 0 Å². The Bertz CT molecular complexity index is 775. The van der Waals surface area contributed by atoms with E-state index >= 15 is 0 Å². The maximum Gasteiger partial charge on any atom is 0.118 e. The van der Waals surface area contributed by atoms with E-state index in [4.69, 9.17) is 4.74 Å². The van der Waals surface area contributed by atoms with Crippen LogP contribution in [0.2, 0.25) is 0 Å². The summed E-state index contributed by atoms with van der Waals surface area (Å²) in [7, 11) is 1.66. The molecule has 3 N–H and O–H groups in total. The molecule has 1 saturated heterocycles. The first-order chi connectivity index (χ1) is 13.4. The van der Waals surface area contributed by atoms with E-state index < -0.39 is 11.7 Å². The number of methoxy groups -OCH3 is 1. The molecule has 1 unspecified atom stereocenters. The minimum atomic E-state index is -0.633. The van der Waals surface area contributed by atoms with E-state index in [-0.39, 0.29) is 5.75 Å². The first-order valence-electron chi connectivity index (χ1n) is 9.99. The number of hydrogen-bond acceptors (Lipinski definition) is 5. The molecule has 2 aromatic carbocycles. The Hall–Kier alpha value is -2.08. The van der Waals surface area contributed by atoms with Crippen molar-refractivity contribution in [3.05, 3.63) is 59.7 Å². The summed E-state index contributed by atoms with van der Waals surface area (Å²) in [6, 6.07) is 14.7. The second-order valence-electron chi connectivity index (χ2n) is 8.50. The average Bonchev–Trinajstić information content (AvgIpc) is 3.16. The third-order valence-electron chi connectivity index (χ3n) is 6.34. The van der Waals surface area contributed by atoms with Crippen molar-refractivity contribution in [3.63, 3.8) is 0 Å². The van der Waals surface area contributed by atoms with Crippen molar-refractivity contribution in [1.82, 2.24) is 4.90 Å². The summed E-state index contributed by atoms with van der Waals surface area (Å²) in [6.07, 6.45) is 1.75. The number of nitrogens with zero attached hydrogens (tertiary/aromatic N) is 1. The van der Waals surface area contributed by atoms with Crippen LogP contribution in [0.3, 0.4) is 0 Å². The molecule has 1 saturated carbocycles. The molecule has 2 aromatic rings. The Morgan fingerprint density at radius 2 is 1.64 bits per heavy atom. The number of aromatic hydroxyl groups is 1. The quantitative estimate of drug-likeness (QED) is 0.715. The first kappa shape index (κ1) is 19.2. The normalized spacial score (nSPS) is 28.2. The van der Waals surface area contributed by atoms with Gasteiger partial charge in [-0.3, -0.25) is 4.90 Å². The van der Waals surface area contributed by atoms with E-state index in [0.29, 0.717) is 24.8 Å². The number of β-amino-alcohol motifs (C(OH)–C–C–N with tert-alkyl or cyclic N) is 1. The number of fused-ring (bicyclic) bond motifs is 1. The first-order valence-corrected chi connectivity index (χ1v) is 9.99. The van der Waals surface area contributed by atoms with Crippen molar-refractivity contribution in [2.45, 2.75) is 31.0 Å². The Labute approximate surface area is 166 Å². The Balaban J connectivity index is 1.31. The fraction of sp³-hybridized carbons (Fsp3) is 0.478. The lowest BCUT2D eigenvalue weighted by molar-refractivity contribution is 0.0328. The lowest BCUT2D eigenvalue weighted by Gasteiger charge is -2.27. The fourth-order valence-corrected chi connectivity index (χ4v) is 5.02. The zero-order valence-electron chi connectivity index (χ0n) is 16.3. The predicted octanol–water partition coefficient (Wildman–Crippen LogP) is 2.75. The number of ether oxygens (including phenoxy) is 1. The van der Waals surface area contributed by atoms with Crippen LogP contribution in [0, 0.1) is 11.8 Å². The monoisotopic (exact) mass is 383 g/mol.